The second-order valence-electron chi connectivity index (χ2n) is 5.65. The molecule has 3 heterocycles. The van der Waals surface area contributed by atoms with Gasteiger partial charge in [0.05, 0.1) is 5.69 Å². The van der Waals surface area contributed by atoms with Gasteiger partial charge in [-0.2, -0.15) is 5.10 Å². The molecule has 0 aliphatic heterocycles. The third-order valence-electron chi connectivity index (χ3n) is 3.69. The summed E-state index contributed by atoms with van der Waals surface area (Å²) in [4.78, 5) is 26.0. The topological polar surface area (TPSA) is 99.2 Å². The number of nitrogens with zero attached hydrogens (tertiary/aromatic N) is 3. The summed E-state index contributed by atoms with van der Waals surface area (Å²) in [6, 6.07) is 3.34. The van der Waals surface area contributed by atoms with Gasteiger partial charge >= 0.3 is 5.97 Å². The van der Waals surface area contributed by atoms with E-state index in [-0.39, 0.29) is 0 Å². The number of esters is 1. The molecule has 0 aliphatic rings. The number of carbonyl (C=O) groups excluding carboxylic acids is 2. The molecule has 0 saturated carbocycles. The standard InChI is InChI=1S/C16H18N4O4S/c1-5-11(14(21)17-13-6-8(2)24-19-13)23-16(22)12-7-10-9(3)18-20(4)15(10)25-12/h6-7,11H,5H2,1-4H3,(H,17,19,21). The second kappa shape index (κ2) is 6.67. The Hall–Kier alpha value is -2.68. The molecule has 0 fully saturated rings. The van der Waals surface area contributed by atoms with Gasteiger partial charge in [-0.15, -0.1) is 11.3 Å². The molecule has 3 rings (SSSR count). The first-order valence-electron chi connectivity index (χ1n) is 7.77. The van der Waals surface area contributed by atoms with Crippen LogP contribution in [0.5, 0.6) is 0 Å². The summed E-state index contributed by atoms with van der Waals surface area (Å²) < 4.78 is 12.0. The highest BCUT2D eigenvalue weighted by Crippen LogP contribution is 2.28. The number of fused-ring (bicyclic) bond motifs is 1. The van der Waals surface area contributed by atoms with E-state index in [1.807, 2.05) is 14.0 Å². The maximum absolute atomic E-state index is 12.4. The van der Waals surface area contributed by atoms with Gasteiger partial charge in [0.25, 0.3) is 5.91 Å². The molecular formula is C16H18N4O4S. The number of ether oxygens (including phenoxy) is 1. The molecule has 9 heteroatoms. The first kappa shape index (κ1) is 17.2. The van der Waals surface area contributed by atoms with E-state index in [0.717, 1.165) is 15.9 Å². The van der Waals surface area contributed by atoms with Crippen LogP contribution < -0.4 is 5.32 Å². The molecule has 1 N–H and O–H groups in total. The summed E-state index contributed by atoms with van der Waals surface area (Å²) in [6.07, 6.45) is -0.561. The van der Waals surface area contributed by atoms with Crippen LogP contribution in [-0.2, 0) is 16.6 Å². The maximum atomic E-state index is 12.4. The molecular weight excluding hydrogens is 344 g/mol. The van der Waals surface area contributed by atoms with Crippen molar-refractivity contribution >= 4 is 39.2 Å². The van der Waals surface area contributed by atoms with Gasteiger partial charge in [-0.25, -0.2) is 4.79 Å². The Bertz CT molecular complexity index is 905. The van der Waals surface area contributed by atoms with Crippen molar-refractivity contribution < 1.29 is 18.8 Å². The number of carbonyl (C=O) groups is 2. The van der Waals surface area contributed by atoms with Crippen LogP contribution in [0.15, 0.2) is 16.7 Å². The van der Waals surface area contributed by atoms with E-state index in [1.165, 1.54) is 11.3 Å². The van der Waals surface area contributed by atoms with Crippen LogP contribution in [0.4, 0.5) is 5.82 Å². The molecule has 8 nitrogen and oxygen atoms in total. The van der Waals surface area contributed by atoms with Crippen LogP contribution in [0.2, 0.25) is 0 Å². The molecule has 132 valence electrons. The van der Waals surface area contributed by atoms with Crippen molar-refractivity contribution in [3.05, 3.63) is 28.5 Å². The van der Waals surface area contributed by atoms with Crippen molar-refractivity contribution in [2.75, 3.05) is 5.32 Å². The fraction of sp³-hybridized carbons (Fsp3) is 0.375. The zero-order valence-electron chi connectivity index (χ0n) is 14.3. The Balaban J connectivity index is 1.72. The largest absolute Gasteiger partial charge is 0.448 e. The quantitative estimate of drug-likeness (QED) is 0.701. The smallest absolute Gasteiger partial charge is 0.349 e. The SMILES string of the molecule is CCC(OC(=O)c1cc2c(C)nn(C)c2s1)C(=O)Nc1cc(C)on1. The van der Waals surface area contributed by atoms with Gasteiger partial charge in [0.1, 0.15) is 15.5 Å². The number of aromatic nitrogens is 3. The van der Waals surface area contributed by atoms with E-state index >= 15 is 0 Å². The minimum Gasteiger partial charge on any atom is -0.448 e. The molecule has 3 aromatic rings. The summed E-state index contributed by atoms with van der Waals surface area (Å²) in [5, 5.41) is 11.5. The summed E-state index contributed by atoms with van der Waals surface area (Å²) in [5.41, 5.74) is 0.846. The van der Waals surface area contributed by atoms with Crippen LogP contribution in [0, 0.1) is 13.8 Å². The fourth-order valence-corrected chi connectivity index (χ4v) is 3.45. The third kappa shape index (κ3) is 3.41. The molecule has 0 radical (unpaired) electrons. The number of hydrogen-bond acceptors (Lipinski definition) is 7. The zero-order chi connectivity index (χ0) is 18.1. The summed E-state index contributed by atoms with van der Waals surface area (Å²) >= 11 is 1.29. The Morgan fingerprint density at radius 2 is 2.16 bits per heavy atom. The highest BCUT2D eigenvalue weighted by molar-refractivity contribution is 7.20. The van der Waals surface area contributed by atoms with Crippen LogP contribution in [0.3, 0.4) is 0 Å². The van der Waals surface area contributed by atoms with Crippen molar-refractivity contribution in [1.29, 1.82) is 0 Å². The minimum atomic E-state index is -0.908. The van der Waals surface area contributed by atoms with Crippen LogP contribution in [0.1, 0.15) is 34.5 Å². The number of thiophene rings is 1. The van der Waals surface area contributed by atoms with Gasteiger partial charge in [0.2, 0.25) is 0 Å². The van der Waals surface area contributed by atoms with E-state index in [9.17, 15) is 9.59 Å². The molecule has 1 amide bonds. The van der Waals surface area contributed by atoms with Gasteiger partial charge in [0.15, 0.2) is 11.9 Å². The molecule has 0 spiro atoms. The predicted molar refractivity (Wildman–Crippen MR) is 92.7 cm³/mol. The van der Waals surface area contributed by atoms with Crippen molar-refractivity contribution in [3.63, 3.8) is 0 Å². The Morgan fingerprint density at radius 1 is 1.40 bits per heavy atom. The number of hydrogen-bond donors (Lipinski definition) is 1. The Kier molecular flexibility index (Phi) is 4.58. The molecule has 0 aromatic carbocycles. The normalized spacial score (nSPS) is 12.3. The van der Waals surface area contributed by atoms with Crippen molar-refractivity contribution in [2.45, 2.75) is 33.3 Å². The lowest BCUT2D eigenvalue weighted by molar-refractivity contribution is -0.124. The first-order chi connectivity index (χ1) is 11.9. The number of rotatable bonds is 5. The highest BCUT2D eigenvalue weighted by atomic mass is 32.1. The second-order valence-corrected chi connectivity index (χ2v) is 6.68. The molecule has 0 saturated heterocycles. The van der Waals surface area contributed by atoms with Gasteiger partial charge < -0.3 is 14.6 Å². The molecule has 3 aromatic heterocycles. The number of aryl methyl sites for hydroxylation is 3. The van der Waals surface area contributed by atoms with E-state index in [2.05, 4.69) is 15.6 Å². The van der Waals surface area contributed by atoms with E-state index < -0.39 is 18.0 Å². The van der Waals surface area contributed by atoms with Gasteiger partial charge in [-0.3, -0.25) is 9.48 Å². The van der Waals surface area contributed by atoms with Crippen LogP contribution in [0.25, 0.3) is 10.2 Å². The summed E-state index contributed by atoms with van der Waals surface area (Å²) in [6.45, 7) is 5.37. The van der Waals surface area contributed by atoms with Crippen molar-refractivity contribution in [3.8, 4) is 0 Å². The Morgan fingerprint density at radius 3 is 2.76 bits per heavy atom. The number of anilines is 1. The van der Waals surface area contributed by atoms with E-state index in [0.29, 0.717) is 22.9 Å². The average molecular weight is 362 g/mol. The van der Waals surface area contributed by atoms with Crippen LogP contribution in [-0.4, -0.2) is 32.9 Å². The number of nitrogens with one attached hydrogen (secondary N) is 1. The van der Waals surface area contributed by atoms with Crippen molar-refractivity contribution in [1.82, 2.24) is 14.9 Å². The van der Waals surface area contributed by atoms with Gasteiger partial charge in [-0.05, 0) is 26.3 Å². The number of amides is 1. The lowest BCUT2D eigenvalue weighted by Crippen LogP contribution is -2.32. The first-order valence-corrected chi connectivity index (χ1v) is 8.59. The van der Waals surface area contributed by atoms with Gasteiger partial charge in [-0.1, -0.05) is 12.1 Å². The molecule has 0 aliphatic carbocycles. The Labute approximate surface area is 147 Å². The van der Waals surface area contributed by atoms with E-state index in [1.54, 1.807) is 30.7 Å². The molecule has 0 bridgehead atoms. The summed E-state index contributed by atoms with van der Waals surface area (Å²) in [7, 11) is 1.82. The predicted octanol–water partition coefficient (Wildman–Crippen LogP) is 2.81. The van der Waals surface area contributed by atoms with Gasteiger partial charge in [0, 0.05) is 18.5 Å². The summed E-state index contributed by atoms with van der Waals surface area (Å²) in [5.74, 6) is -0.0998. The monoisotopic (exact) mass is 362 g/mol. The lowest BCUT2D eigenvalue weighted by atomic mass is 10.2. The lowest BCUT2D eigenvalue weighted by Gasteiger charge is -2.14. The van der Waals surface area contributed by atoms with E-state index in [4.69, 9.17) is 9.26 Å². The highest BCUT2D eigenvalue weighted by Gasteiger charge is 2.24. The molecule has 25 heavy (non-hydrogen) atoms. The third-order valence-corrected chi connectivity index (χ3v) is 4.87. The van der Waals surface area contributed by atoms with Crippen molar-refractivity contribution in [2.24, 2.45) is 7.05 Å². The molecule has 1 atom stereocenters. The van der Waals surface area contributed by atoms with Crippen LogP contribution >= 0.6 is 11.3 Å². The fourth-order valence-electron chi connectivity index (χ4n) is 2.45. The zero-order valence-corrected chi connectivity index (χ0v) is 15.1. The molecule has 1 unspecified atom stereocenters. The maximum Gasteiger partial charge on any atom is 0.349 e. The minimum absolute atomic E-state index is 0.292. The average Bonchev–Trinajstić information content (AvgIpc) is 3.24.